The van der Waals surface area contributed by atoms with Crippen LogP contribution in [0.25, 0.3) is 0 Å². The number of hydrogen-bond donors (Lipinski definition) is 0. The minimum atomic E-state index is -4.65. The first-order valence-corrected chi connectivity index (χ1v) is 3.19. The van der Waals surface area contributed by atoms with Crippen LogP contribution in [-0.4, -0.2) is 14.5 Å². The molecule has 0 saturated heterocycles. The predicted molar refractivity (Wildman–Crippen MR) is 27.3 cm³/mol. The highest BCUT2D eigenvalue weighted by atomic mass is 32.3. The lowest BCUT2D eigenvalue weighted by molar-refractivity contribution is 0.563. The van der Waals surface area contributed by atoms with Gasteiger partial charge in [0.2, 0.25) is 6.08 Å². The van der Waals surface area contributed by atoms with Crippen LogP contribution in [0.1, 0.15) is 0 Å². The highest BCUT2D eigenvalue weighted by molar-refractivity contribution is 7.89. The smallest absolute Gasteiger partial charge is 0.211 e. The van der Waals surface area contributed by atoms with E-state index in [1.807, 2.05) is 0 Å². The highest BCUT2D eigenvalue weighted by Crippen LogP contribution is 1.91. The molecular weight excluding hydrogens is 149 g/mol. The molecule has 0 amide bonds. The lowest BCUT2D eigenvalue weighted by atomic mass is 11.0. The minimum absolute atomic E-state index is 0.151. The van der Waals surface area contributed by atoms with E-state index in [4.69, 9.17) is 0 Å². The Labute approximate surface area is 50.9 Å². The topological polar surface area (TPSA) is 63.6 Å². The third-order valence-corrected chi connectivity index (χ3v) is 0.797. The van der Waals surface area contributed by atoms with Crippen LogP contribution in [0.5, 0.6) is 0 Å². The van der Waals surface area contributed by atoms with Crippen LogP contribution < -0.4 is 0 Å². The number of aliphatic imine (C=N–C) groups is 1. The van der Waals surface area contributed by atoms with Crippen molar-refractivity contribution in [3.63, 3.8) is 0 Å². The fourth-order valence-corrected chi connectivity index (χ4v) is 0.340. The van der Waals surface area contributed by atoms with Crippen LogP contribution >= 0.6 is 0 Å². The summed E-state index contributed by atoms with van der Waals surface area (Å²) in [7, 11) is -4.65. The lowest BCUT2D eigenvalue weighted by Crippen LogP contribution is -1.79. The SMILES string of the molecule is O=C=N/C=C/S(=O)(=O)F. The van der Waals surface area contributed by atoms with Crippen LogP contribution in [0, 0.1) is 0 Å². The second-order valence-corrected chi connectivity index (χ2v) is 2.20. The molecule has 0 aliphatic rings. The standard InChI is InChI=1S/C3H2FNO3S/c4-9(7,8)2-1-5-3-6/h1-2H/b2-1+. The molecule has 4 nitrogen and oxygen atoms in total. The summed E-state index contributed by atoms with van der Waals surface area (Å²) in [6.07, 6.45) is 1.50. The number of halogens is 1. The molecule has 0 saturated carbocycles. The van der Waals surface area contributed by atoms with Gasteiger partial charge < -0.3 is 0 Å². The van der Waals surface area contributed by atoms with Crippen molar-refractivity contribution in [3.8, 4) is 0 Å². The number of hydrogen-bond acceptors (Lipinski definition) is 4. The van der Waals surface area contributed by atoms with E-state index in [1.165, 1.54) is 0 Å². The number of nitrogens with zero attached hydrogens (tertiary/aromatic N) is 1. The van der Waals surface area contributed by atoms with E-state index in [2.05, 4.69) is 4.99 Å². The molecule has 0 atom stereocenters. The van der Waals surface area contributed by atoms with Crippen LogP contribution in [0.2, 0.25) is 0 Å². The Morgan fingerprint density at radius 3 is 2.44 bits per heavy atom. The van der Waals surface area contributed by atoms with Crippen molar-refractivity contribution in [2.45, 2.75) is 0 Å². The van der Waals surface area contributed by atoms with E-state index < -0.39 is 10.2 Å². The van der Waals surface area contributed by atoms with Gasteiger partial charge in [-0.1, -0.05) is 0 Å². The van der Waals surface area contributed by atoms with Crippen LogP contribution in [0.15, 0.2) is 16.6 Å². The van der Waals surface area contributed by atoms with Gasteiger partial charge in [0.25, 0.3) is 0 Å². The molecule has 6 heteroatoms. The Bertz CT molecular complexity index is 248. The maximum Gasteiger partial charge on any atom is 0.326 e. The zero-order valence-corrected chi connectivity index (χ0v) is 4.93. The van der Waals surface area contributed by atoms with Crippen molar-refractivity contribution in [1.29, 1.82) is 0 Å². The maximum absolute atomic E-state index is 11.4. The van der Waals surface area contributed by atoms with Gasteiger partial charge in [-0.2, -0.15) is 13.4 Å². The van der Waals surface area contributed by atoms with E-state index in [0.717, 1.165) is 6.08 Å². The van der Waals surface area contributed by atoms with Gasteiger partial charge in [0.05, 0.1) is 11.6 Å². The van der Waals surface area contributed by atoms with Crippen LogP contribution in [-0.2, 0) is 15.0 Å². The third kappa shape index (κ3) is 7.00. The van der Waals surface area contributed by atoms with E-state index >= 15 is 0 Å². The van der Waals surface area contributed by atoms with Gasteiger partial charge in [-0.15, -0.1) is 3.89 Å². The molecule has 0 rings (SSSR count). The summed E-state index contributed by atoms with van der Waals surface area (Å²) < 4.78 is 30.5. The van der Waals surface area contributed by atoms with Gasteiger partial charge in [-0.3, -0.25) is 0 Å². The summed E-state index contributed by atoms with van der Waals surface area (Å²) in [5, 5.41) is 0.151. The molecule has 0 fully saturated rings. The first kappa shape index (κ1) is 8.00. The third-order valence-electron chi connectivity index (χ3n) is 0.351. The first-order valence-electron chi connectivity index (χ1n) is 1.74. The average Bonchev–Trinajstić information content (AvgIpc) is 1.63. The number of rotatable bonds is 2. The predicted octanol–water partition coefficient (Wildman–Crippen LogP) is 0.0927. The minimum Gasteiger partial charge on any atom is -0.211 e. The Hall–Kier alpha value is -1.00. The monoisotopic (exact) mass is 151 g/mol. The fourth-order valence-electron chi connectivity index (χ4n) is 0.134. The summed E-state index contributed by atoms with van der Waals surface area (Å²) in [6.45, 7) is 0. The molecule has 50 valence electrons. The van der Waals surface area contributed by atoms with Gasteiger partial charge in [0, 0.05) is 0 Å². The van der Waals surface area contributed by atoms with Crippen molar-refractivity contribution in [3.05, 3.63) is 11.6 Å². The van der Waals surface area contributed by atoms with E-state index in [1.54, 1.807) is 0 Å². The van der Waals surface area contributed by atoms with Crippen molar-refractivity contribution < 1.29 is 17.1 Å². The largest absolute Gasteiger partial charge is 0.326 e. The number of isocyanates is 1. The summed E-state index contributed by atoms with van der Waals surface area (Å²) in [5.74, 6) is 0. The average molecular weight is 151 g/mol. The molecule has 0 N–H and O–H groups in total. The van der Waals surface area contributed by atoms with Crippen molar-refractivity contribution in [2.24, 2.45) is 4.99 Å². The molecule has 0 radical (unpaired) electrons. The molecule has 0 aromatic heterocycles. The zero-order valence-electron chi connectivity index (χ0n) is 4.11. The summed E-state index contributed by atoms with van der Waals surface area (Å²) >= 11 is 0. The molecule has 0 spiro atoms. The van der Waals surface area contributed by atoms with E-state index in [0.29, 0.717) is 6.20 Å². The highest BCUT2D eigenvalue weighted by Gasteiger charge is 1.95. The van der Waals surface area contributed by atoms with Gasteiger partial charge >= 0.3 is 10.2 Å². The molecule has 0 aliphatic heterocycles. The van der Waals surface area contributed by atoms with Crippen LogP contribution in [0.3, 0.4) is 0 Å². The molecule has 0 bridgehead atoms. The Balaban J connectivity index is 4.20. The van der Waals surface area contributed by atoms with Crippen molar-refractivity contribution >= 4 is 16.3 Å². The van der Waals surface area contributed by atoms with Gasteiger partial charge in [0.15, 0.2) is 0 Å². The maximum atomic E-state index is 11.4. The first-order chi connectivity index (χ1) is 4.06. The summed E-state index contributed by atoms with van der Waals surface area (Å²) in [5.41, 5.74) is 0. The molecule has 0 aromatic carbocycles. The van der Waals surface area contributed by atoms with Gasteiger partial charge in [-0.05, 0) is 0 Å². The molecule has 9 heavy (non-hydrogen) atoms. The second-order valence-electron chi connectivity index (χ2n) is 0.981. The number of carbonyl (C=O) groups excluding carboxylic acids is 1. The molecule has 0 aliphatic carbocycles. The molecule has 0 heterocycles. The Kier molecular flexibility index (Phi) is 2.77. The van der Waals surface area contributed by atoms with E-state index in [9.17, 15) is 17.1 Å². The quantitative estimate of drug-likeness (QED) is 0.319. The summed E-state index contributed by atoms with van der Waals surface area (Å²) in [6, 6.07) is 0. The lowest BCUT2D eigenvalue weighted by Gasteiger charge is -1.72. The van der Waals surface area contributed by atoms with Crippen molar-refractivity contribution in [1.82, 2.24) is 0 Å². The molecular formula is C3H2FNO3S. The van der Waals surface area contributed by atoms with Gasteiger partial charge in [0.1, 0.15) is 0 Å². The summed E-state index contributed by atoms with van der Waals surface area (Å²) in [4.78, 5) is 11.9. The Morgan fingerprint density at radius 2 is 2.11 bits per heavy atom. The molecule has 0 unspecified atom stereocenters. The normalized spacial score (nSPS) is 11.2. The van der Waals surface area contributed by atoms with Gasteiger partial charge in [-0.25, -0.2) is 4.79 Å². The fraction of sp³-hybridized carbons (Fsp3) is 0. The molecule has 0 aromatic rings. The van der Waals surface area contributed by atoms with Crippen LogP contribution in [0.4, 0.5) is 3.89 Å². The van der Waals surface area contributed by atoms with Crippen molar-refractivity contribution in [2.75, 3.05) is 0 Å². The Morgan fingerprint density at radius 1 is 1.56 bits per heavy atom. The second kappa shape index (κ2) is 3.11. The van der Waals surface area contributed by atoms with E-state index in [-0.39, 0.29) is 5.41 Å². The zero-order chi connectivity index (χ0) is 7.33.